The molecule has 0 bridgehead atoms. The Morgan fingerprint density at radius 1 is 1.44 bits per heavy atom. The maximum atomic E-state index is 5.88. The van der Waals surface area contributed by atoms with E-state index >= 15 is 0 Å². The molecule has 0 aromatic carbocycles. The summed E-state index contributed by atoms with van der Waals surface area (Å²) >= 11 is 0. The second-order valence-corrected chi connectivity index (χ2v) is 4.49. The Bertz CT molecular complexity index is 265. The summed E-state index contributed by atoms with van der Waals surface area (Å²) in [4.78, 5) is 4.28. The first-order chi connectivity index (χ1) is 7.59. The van der Waals surface area contributed by atoms with Crippen LogP contribution in [-0.2, 0) is 4.74 Å². The summed E-state index contributed by atoms with van der Waals surface area (Å²) in [6.45, 7) is 8.03. The van der Waals surface area contributed by atoms with Crippen molar-refractivity contribution < 1.29 is 4.74 Å². The minimum absolute atomic E-state index is 0.253. The lowest BCUT2D eigenvalue weighted by molar-refractivity contribution is 0.0853. The molecule has 1 heterocycles. The summed E-state index contributed by atoms with van der Waals surface area (Å²) in [7, 11) is 0. The van der Waals surface area contributed by atoms with Gasteiger partial charge in [-0.2, -0.15) is 0 Å². The summed E-state index contributed by atoms with van der Waals surface area (Å²) in [5.74, 6) is 0.510. The van der Waals surface area contributed by atoms with Crippen LogP contribution >= 0.6 is 0 Å². The van der Waals surface area contributed by atoms with Gasteiger partial charge in [0.25, 0.3) is 0 Å². The number of hydrogen-bond donors (Lipinski definition) is 2. The van der Waals surface area contributed by atoms with Crippen molar-refractivity contribution >= 4 is 6.21 Å². The molecule has 0 aliphatic carbocycles. The highest BCUT2D eigenvalue weighted by Crippen LogP contribution is 2.11. The van der Waals surface area contributed by atoms with Crippen molar-refractivity contribution in [3.05, 3.63) is 11.5 Å². The molecule has 4 heteroatoms. The fourth-order valence-corrected chi connectivity index (χ4v) is 1.51. The highest BCUT2D eigenvalue weighted by molar-refractivity contribution is 5.78. The van der Waals surface area contributed by atoms with E-state index < -0.39 is 0 Å². The van der Waals surface area contributed by atoms with Crippen molar-refractivity contribution in [3.63, 3.8) is 0 Å². The molecule has 0 spiro atoms. The van der Waals surface area contributed by atoms with Gasteiger partial charge in [0.2, 0.25) is 0 Å². The molecule has 0 unspecified atom stereocenters. The lowest BCUT2D eigenvalue weighted by atomic mass is 10.1. The van der Waals surface area contributed by atoms with Crippen LogP contribution in [0.5, 0.6) is 0 Å². The Morgan fingerprint density at radius 3 is 2.62 bits per heavy atom. The molecule has 0 atom stereocenters. The average Bonchev–Trinajstić information content (AvgIpc) is 2.27. The molecule has 1 aliphatic rings. The standard InChI is InChI=1S/C12H23N3O/c1-9(2)15-8-10(3)12(13)16-11-4-6-14-7-5-11/h8-9,11,14H,4-7,13H2,1-3H3. The van der Waals surface area contributed by atoms with Crippen LogP contribution in [0.15, 0.2) is 16.4 Å². The number of nitrogens with two attached hydrogens (primary N) is 1. The van der Waals surface area contributed by atoms with Gasteiger partial charge in [0.1, 0.15) is 6.10 Å². The SMILES string of the molecule is CC(C=NC(C)C)=C(N)OC1CCNCC1. The molecule has 1 aliphatic heterocycles. The Balaban J connectivity index is 2.47. The van der Waals surface area contributed by atoms with Gasteiger partial charge in [0.15, 0.2) is 5.88 Å². The topological polar surface area (TPSA) is 59.6 Å². The van der Waals surface area contributed by atoms with Gasteiger partial charge in [0, 0.05) is 17.8 Å². The number of nitrogens with one attached hydrogen (secondary N) is 1. The van der Waals surface area contributed by atoms with Crippen molar-refractivity contribution in [2.45, 2.75) is 45.8 Å². The van der Waals surface area contributed by atoms with Crippen LogP contribution in [0.2, 0.25) is 0 Å². The van der Waals surface area contributed by atoms with Crippen LogP contribution in [0.4, 0.5) is 0 Å². The summed E-state index contributed by atoms with van der Waals surface area (Å²) in [5, 5.41) is 3.29. The molecular formula is C12H23N3O. The molecule has 92 valence electrons. The predicted molar refractivity (Wildman–Crippen MR) is 67.5 cm³/mol. The number of ether oxygens (including phenoxy) is 1. The van der Waals surface area contributed by atoms with Crippen LogP contribution in [0.1, 0.15) is 33.6 Å². The summed E-state index contributed by atoms with van der Waals surface area (Å²) in [6.07, 6.45) is 4.09. The van der Waals surface area contributed by atoms with Gasteiger partial charge in [-0.1, -0.05) is 0 Å². The van der Waals surface area contributed by atoms with E-state index in [1.165, 1.54) is 0 Å². The summed E-state index contributed by atoms with van der Waals surface area (Å²) in [6, 6.07) is 0.293. The first kappa shape index (κ1) is 13.0. The third-order valence-corrected chi connectivity index (χ3v) is 2.53. The molecule has 0 aromatic heterocycles. The molecule has 1 fully saturated rings. The molecule has 4 nitrogen and oxygen atoms in total. The minimum atomic E-state index is 0.253. The minimum Gasteiger partial charge on any atom is -0.476 e. The van der Waals surface area contributed by atoms with Crippen LogP contribution in [0.25, 0.3) is 0 Å². The maximum absolute atomic E-state index is 5.88. The van der Waals surface area contributed by atoms with Crippen molar-refractivity contribution in [1.82, 2.24) is 5.32 Å². The summed E-state index contributed by atoms with van der Waals surface area (Å²) in [5.41, 5.74) is 6.79. The second-order valence-electron chi connectivity index (χ2n) is 4.49. The van der Waals surface area contributed by atoms with E-state index in [4.69, 9.17) is 10.5 Å². The summed E-state index contributed by atoms with van der Waals surface area (Å²) < 4.78 is 5.71. The molecular weight excluding hydrogens is 202 g/mol. The fourth-order valence-electron chi connectivity index (χ4n) is 1.51. The predicted octanol–water partition coefficient (Wildman–Crippen LogP) is 1.42. The number of rotatable bonds is 4. The lowest BCUT2D eigenvalue weighted by Gasteiger charge is -2.24. The highest BCUT2D eigenvalue weighted by Gasteiger charge is 2.14. The zero-order valence-electron chi connectivity index (χ0n) is 10.5. The van der Waals surface area contributed by atoms with Gasteiger partial charge in [0.05, 0.1) is 0 Å². The number of hydrogen-bond acceptors (Lipinski definition) is 4. The van der Waals surface area contributed by atoms with E-state index in [0.717, 1.165) is 31.5 Å². The van der Waals surface area contributed by atoms with Crippen LogP contribution in [-0.4, -0.2) is 31.4 Å². The maximum Gasteiger partial charge on any atom is 0.188 e. The Hall–Kier alpha value is -1.03. The Kier molecular flexibility index (Phi) is 5.32. The third-order valence-electron chi connectivity index (χ3n) is 2.53. The van der Waals surface area contributed by atoms with E-state index in [0.29, 0.717) is 11.9 Å². The molecule has 3 N–H and O–H groups in total. The quantitative estimate of drug-likeness (QED) is 0.562. The van der Waals surface area contributed by atoms with Crippen molar-refractivity contribution in [1.29, 1.82) is 0 Å². The molecule has 0 aromatic rings. The van der Waals surface area contributed by atoms with Crippen LogP contribution < -0.4 is 11.1 Å². The second kappa shape index (κ2) is 6.53. The molecule has 0 radical (unpaired) electrons. The van der Waals surface area contributed by atoms with Crippen LogP contribution in [0.3, 0.4) is 0 Å². The largest absolute Gasteiger partial charge is 0.476 e. The van der Waals surface area contributed by atoms with E-state index in [-0.39, 0.29) is 6.10 Å². The Morgan fingerprint density at radius 2 is 2.06 bits per heavy atom. The van der Waals surface area contributed by atoms with Crippen molar-refractivity contribution in [2.24, 2.45) is 10.7 Å². The first-order valence-corrected chi connectivity index (χ1v) is 5.96. The molecule has 16 heavy (non-hydrogen) atoms. The molecule has 1 rings (SSSR count). The third kappa shape index (κ3) is 4.66. The number of piperidine rings is 1. The normalized spacial score (nSPS) is 20.2. The first-order valence-electron chi connectivity index (χ1n) is 5.96. The highest BCUT2D eigenvalue weighted by atomic mass is 16.5. The van der Waals surface area contributed by atoms with Gasteiger partial charge in [-0.05, 0) is 46.7 Å². The van der Waals surface area contributed by atoms with E-state index in [1.54, 1.807) is 6.21 Å². The number of aliphatic imine (C=N–C) groups is 1. The number of allylic oxidation sites excluding steroid dienone is 1. The molecule has 1 saturated heterocycles. The molecule has 0 saturated carbocycles. The smallest absolute Gasteiger partial charge is 0.188 e. The zero-order valence-corrected chi connectivity index (χ0v) is 10.5. The van der Waals surface area contributed by atoms with E-state index in [2.05, 4.69) is 10.3 Å². The van der Waals surface area contributed by atoms with Gasteiger partial charge in [-0.25, -0.2) is 0 Å². The van der Waals surface area contributed by atoms with Crippen LogP contribution in [0, 0.1) is 0 Å². The van der Waals surface area contributed by atoms with Crippen molar-refractivity contribution in [2.75, 3.05) is 13.1 Å². The number of nitrogens with zero attached hydrogens (tertiary/aromatic N) is 1. The van der Waals surface area contributed by atoms with Gasteiger partial charge in [-0.15, -0.1) is 0 Å². The Labute approximate surface area is 98.0 Å². The van der Waals surface area contributed by atoms with E-state index in [1.807, 2.05) is 20.8 Å². The average molecular weight is 225 g/mol. The van der Waals surface area contributed by atoms with Gasteiger partial charge in [-0.3, -0.25) is 4.99 Å². The lowest BCUT2D eigenvalue weighted by Crippen LogP contribution is -2.33. The zero-order chi connectivity index (χ0) is 12.0. The van der Waals surface area contributed by atoms with E-state index in [9.17, 15) is 0 Å². The van der Waals surface area contributed by atoms with Gasteiger partial charge < -0.3 is 15.8 Å². The van der Waals surface area contributed by atoms with Gasteiger partial charge >= 0.3 is 0 Å². The monoisotopic (exact) mass is 225 g/mol. The van der Waals surface area contributed by atoms with Crippen molar-refractivity contribution in [3.8, 4) is 0 Å². The fraction of sp³-hybridized carbons (Fsp3) is 0.750. The molecule has 0 amide bonds.